The smallest absolute Gasteiger partial charge is 0.187 e. The van der Waals surface area contributed by atoms with Crippen LogP contribution < -0.4 is 5.32 Å². The average molecular weight is 479 g/mol. The molecule has 3 rings (SSSR count). The zero-order valence-corrected chi connectivity index (χ0v) is 17.9. The van der Waals surface area contributed by atoms with Gasteiger partial charge in [-0.15, -0.1) is 0 Å². The fourth-order valence-corrected chi connectivity index (χ4v) is 4.32. The Balaban J connectivity index is 1.79. The number of rotatable bonds is 6. The number of aliphatic hydroxyl groups excluding tert-OH is 10. The van der Waals surface area contributed by atoms with Gasteiger partial charge in [0.2, 0.25) is 0 Å². The molecule has 33 heavy (non-hydrogen) atoms. The standard InChI is InChI=1S/C20H33NO12/c1-6-11(24)15(28)18(31)20(32-6)33-19-8(5-23)3-10(14(27)17(19)30)21-9-2-7(4-22)12(25)16(29)13(9)26/h2-3,6,9-31H,4-5H2,1H3/t6?,9-,10-,11?,12+,13-,14-,15?,16-,17+,18?,19+,20?/m0/s1. The van der Waals surface area contributed by atoms with Crippen LogP contribution in [0.1, 0.15) is 6.92 Å². The van der Waals surface area contributed by atoms with Crippen LogP contribution in [0.3, 0.4) is 0 Å². The molecular formula is C20H33NO12. The summed E-state index contributed by atoms with van der Waals surface area (Å²) in [6.45, 7) is 0.248. The van der Waals surface area contributed by atoms with Crippen LogP contribution in [0, 0.1) is 0 Å². The highest BCUT2D eigenvalue weighted by atomic mass is 16.7. The number of hydrogen-bond donors (Lipinski definition) is 11. The van der Waals surface area contributed by atoms with Gasteiger partial charge in [0.25, 0.3) is 0 Å². The lowest BCUT2D eigenvalue weighted by molar-refractivity contribution is -0.309. The van der Waals surface area contributed by atoms with Gasteiger partial charge in [-0.25, -0.2) is 0 Å². The van der Waals surface area contributed by atoms with Gasteiger partial charge in [-0.1, -0.05) is 12.2 Å². The summed E-state index contributed by atoms with van der Waals surface area (Å²) in [4.78, 5) is 0. The van der Waals surface area contributed by atoms with Crippen molar-refractivity contribution in [2.45, 2.75) is 86.3 Å². The maximum absolute atomic E-state index is 10.7. The van der Waals surface area contributed by atoms with E-state index >= 15 is 0 Å². The first kappa shape index (κ1) is 26.6. The van der Waals surface area contributed by atoms with E-state index in [0.29, 0.717) is 0 Å². The van der Waals surface area contributed by atoms with E-state index in [4.69, 9.17) is 9.47 Å². The minimum atomic E-state index is -1.66. The molecule has 3 aliphatic rings. The summed E-state index contributed by atoms with van der Waals surface area (Å²) in [5.41, 5.74) is 0.147. The van der Waals surface area contributed by atoms with Gasteiger partial charge in [0.1, 0.15) is 54.9 Å². The van der Waals surface area contributed by atoms with Crippen LogP contribution >= 0.6 is 0 Å². The van der Waals surface area contributed by atoms with Crippen molar-refractivity contribution in [3.63, 3.8) is 0 Å². The second-order valence-corrected chi connectivity index (χ2v) is 8.66. The number of aliphatic hydroxyl groups is 10. The van der Waals surface area contributed by atoms with Gasteiger partial charge in [-0.05, 0) is 18.1 Å². The number of nitrogens with one attached hydrogen (secondary N) is 1. The number of hydrogen-bond acceptors (Lipinski definition) is 13. The highest BCUT2D eigenvalue weighted by Gasteiger charge is 2.47. The Bertz CT molecular complexity index is 734. The quantitative estimate of drug-likeness (QED) is 0.160. The fourth-order valence-electron chi connectivity index (χ4n) is 4.32. The summed E-state index contributed by atoms with van der Waals surface area (Å²) >= 11 is 0. The second kappa shape index (κ2) is 10.7. The first-order valence-corrected chi connectivity index (χ1v) is 10.7. The highest BCUT2D eigenvalue weighted by molar-refractivity contribution is 5.26. The third kappa shape index (κ3) is 5.16. The van der Waals surface area contributed by atoms with Gasteiger partial charge >= 0.3 is 0 Å². The average Bonchev–Trinajstić information content (AvgIpc) is 2.80. The summed E-state index contributed by atoms with van der Waals surface area (Å²) in [7, 11) is 0. The maximum Gasteiger partial charge on any atom is 0.187 e. The van der Waals surface area contributed by atoms with Crippen molar-refractivity contribution in [3.8, 4) is 0 Å². The topological polar surface area (TPSA) is 233 Å². The molecule has 0 aromatic heterocycles. The van der Waals surface area contributed by atoms with Gasteiger partial charge in [0.15, 0.2) is 6.29 Å². The van der Waals surface area contributed by atoms with Crippen molar-refractivity contribution in [2.24, 2.45) is 0 Å². The Morgan fingerprint density at radius 3 is 1.85 bits per heavy atom. The third-order valence-electron chi connectivity index (χ3n) is 6.44. The van der Waals surface area contributed by atoms with Crippen LogP contribution in [-0.2, 0) is 9.47 Å². The molecule has 2 aliphatic carbocycles. The van der Waals surface area contributed by atoms with Crippen LogP contribution in [0.15, 0.2) is 23.3 Å². The molecule has 1 fully saturated rings. The summed E-state index contributed by atoms with van der Waals surface area (Å²) in [6.07, 6.45) is -13.5. The van der Waals surface area contributed by atoms with E-state index in [2.05, 4.69) is 5.32 Å². The van der Waals surface area contributed by atoms with Gasteiger partial charge in [-0.3, -0.25) is 5.32 Å². The Kier molecular flexibility index (Phi) is 8.61. The molecule has 0 spiro atoms. The Morgan fingerprint density at radius 1 is 0.727 bits per heavy atom. The maximum atomic E-state index is 10.7. The van der Waals surface area contributed by atoms with Crippen LogP contribution in [0.2, 0.25) is 0 Å². The molecule has 13 atom stereocenters. The molecule has 5 unspecified atom stereocenters. The second-order valence-electron chi connectivity index (χ2n) is 8.66. The van der Waals surface area contributed by atoms with E-state index in [0.717, 1.165) is 0 Å². The van der Waals surface area contributed by atoms with Crippen molar-refractivity contribution < 1.29 is 60.5 Å². The first-order valence-electron chi connectivity index (χ1n) is 10.7. The van der Waals surface area contributed by atoms with Gasteiger partial charge < -0.3 is 60.5 Å². The molecule has 0 radical (unpaired) electrons. The highest BCUT2D eigenvalue weighted by Crippen LogP contribution is 2.30. The summed E-state index contributed by atoms with van der Waals surface area (Å²) in [5.74, 6) is 0. The van der Waals surface area contributed by atoms with E-state index in [1.54, 1.807) is 0 Å². The largest absolute Gasteiger partial charge is 0.392 e. The Labute approximate surface area is 189 Å². The molecule has 13 nitrogen and oxygen atoms in total. The predicted molar refractivity (Wildman–Crippen MR) is 108 cm³/mol. The summed E-state index contributed by atoms with van der Waals surface area (Å²) < 4.78 is 10.9. The van der Waals surface area contributed by atoms with Crippen molar-refractivity contribution in [3.05, 3.63) is 23.3 Å². The van der Waals surface area contributed by atoms with E-state index in [-0.39, 0.29) is 11.1 Å². The minimum Gasteiger partial charge on any atom is -0.392 e. The van der Waals surface area contributed by atoms with E-state index in [9.17, 15) is 51.1 Å². The van der Waals surface area contributed by atoms with Crippen LogP contribution in [-0.4, -0.2) is 144 Å². The monoisotopic (exact) mass is 479 g/mol. The van der Waals surface area contributed by atoms with E-state index in [1.807, 2.05) is 0 Å². The molecular weight excluding hydrogens is 446 g/mol. The van der Waals surface area contributed by atoms with Crippen molar-refractivity contribution in [2.75, 3.05) is 13.2 Å². The first-order chi connectivity index (χ1) is 15.5. The minimum absolute atomic E-state index is 0.0574. The zero-order chi connectivity index (χ0) is 24.6. The molecule has 1 heterocycles. The molecule has 13 heteroatoms. The van der Waals surface area contributed by atoms with Gasteiger partial charge in [-0.2, -0.15) is 0 Å². The molecule has 0 amide bonds. The third-order valence-corrected chi connectivity index (χ3v) is 6.44. The fraction of sp³-hybridized carbons (Fsp3) is 0.800. The predicted octanol–water partition coefficient (Wildman–Crippen LogP) is -5.80. The molecule has 1 saturated heterocycles. The lowest BCUT2D eigenvalue weighted by Crippen LogP contribution is -2.63. The molecule has 0 aromatic rings. The van der Waals surface area contributed by atoms with E-state index in [1.165, 1.54) is 19.1 Å². The van der Waals surface area contributed by atoms with E-state index < -0.39 is 92.6 Å². The molecule has 0 bridgehead atoms. The SMILES string of the molecule is CC1OC(O[C@@H]2C(CO)=C[C@H](N[C@H]3C=C(CO)[C@@H](O)[C@H](O)[C@H]3O)[C@H](O)[C@H]2O)C(O)C(O)C1O. The van der Waals surface area contributed by atoms with Crippen LogP contribution in [0.25, 0.3) is 0 Å². The molecule has 0 aromatic carbocycles. The number of ether oxygens (including phenoxy) is 2. The molecule has 11 N–H and O–H groups in total. The van der Waals surface area contributed by atoms with Crippen molar-refractivity contribution >= 4 is 0 Å². The summed E-state index contributed by atoms with van der Waals surface area (Å²) in [5, 5.41) is 103. The molecule has 1 aliphatic heterocycles. The normalized spacial score (nSPS) is 48.9. The van der Waals surface area contributed by atoms with Gasteiger partial charge in [0.05, 0.1) is 31.4 Å². The van der Waals surface area contributed by atoms with Crippen LogP contribution in [0.4, 0.5) is 0 Å². The molecule has 190 valence electrons. The lowest BCUT2D eigenvalue weighted by Gasteiger charge is -2.44. The lowest BCUT2D eigenvalue weighted by atomic mass is 9.84. The van der Waals surface area contributed by atoms with Crippen molar-refractivity contribution in [1.29, 1.82) is 0 Å². The Hall–Kier alpha value is -1.04. The van der Waals surface area contributed by atoms with Crippen molar-refractivity contribution in [1.82, 2.24) is 5.32 Å². The Morgan fingerprint density at radius 2 is 1.27 bits per heavy atom. The summed E-state index contributed by atoms with van der Waals surface area (Å²) in [6, 6.07) is -2.07. The van der Waals surface area contributed by atoms with Gasteiger partial charge in [0, 0.05) is 0 Å². The van der Waals surface area contributed by atoms with Crippen LogP contribution in [0.5, 0.6) is 0 Å². The molecule has 0 saturated carbocycles. The zero-order valence-electron chi connectivity index (χ0n) is 17.9.